The van der Waals surface area contributed by atoms with Gasteiger partial charge in [0.25, 0.3) is 0 Å². The summed E-state index contributed by atoms with van der Waals surface area (Å²) in [6, 6.07) is 13.1. The first kappa shape index (κ1) is 26.2. The van der Waals surface area contributed by atoms with Crippen LogP contribution < -0.4 is 4.74 Å². The van der Waals surface area contributed by atoms with Gasteiger partial charge in [0.15, 0.2) is 6.10 Å². The van der Waals surface area contributed by atoms with Crippen molar-refractivity contribution >= 4 is 5.97 Å². The van der Waals surface area contributed by atoms with Crippen LogP contribution in [0.4, 0.5) is 4.39 Å². The third-order valence-corrected chi connectivity index (χ3v) is 6.98. The summed E-state index contributed by atoms with van der Waals surface area (Å²) in [5, 5.41) is 9.74. The molecule has 0 saturated heterocycles. The van der Waals surface area contributed by atoms with Gasteiger partial charge in [-0.3, -0.25) is 0 Å². The van der Waals surface area contributed by atoms with Crippen LogP contribution in [-0.2, 0) is 22.4 Å². The number of hydrogen-bond donors (Lipinski definition) is 1. The monoisotopic (exact) mass is 471 g/mol. The van der Waals surface area contributed by atoms with Crippen LogP contribution in [0.5, 0.6) is 5.75 Å². The summed E-state index contributed by atoms with van der Waals surface area (Å²) in [5.41, 5.74) is 3.47. The van der Waals surface area contributed by atoms with Gasteiger partial charge in [-0.2, -0.15) is 0 Å². The standard InChI is InChI=1S/C28H38FNO4/c1-19(2)27-22(8-7-21-17-23(29)9-12-25(21)27)18-34-26(28(31)32)14-16-30(3)15-13-20-5-10-24(33-4)11-6-20/h5-6,9-12,17,19,22,26-27H,7-8,13-16,18H2,1-4H3,(H,31,32)/t22?,26-,27-/m1/s1. The average Bonchev–Trinajstić information content (AvgIpc) is 2.82. The number of carboxylic acid groups (broad SMARTS) is 1. The number of methoxy groups -OCH3 is 1. The first-order valence-electron chi connectivity index (χ1n) is 12.2. The molecule has 0 saturated carbocycles. The molecule has 0 aromatic heterocycles. The topological polar surface area (TPSA) is 59.0 Å². The van der Waals surface area contributed by atoms with E-state index in [2.05, 4.69) is 30.9 Å². The van der Waals surface area contributed by atoms with Crippen LogP contribution in [0.1, 0.15) is 49.3 Å². The highest BCUT2D eigenvalue weighted by Crippen LogP contribution is 2.41. The lowest BCUT2D eigenvalue weighted by atomic mass is 9.70. The summed E-state index contributed by atoms with van der Waals surface area (Å²) in [7, 11) is 3.66. The molecule has 0 aliphatic heterocycles. The van der Waals surface area contributed by atoms with Crippen molar-refractivity contribution in [2.45, 2.75) is 51.6 Å². The fourth-order valence-electron chi connectivity index (χ4n) is 5.06. The van der Waals surface area contributed by atoms with Crippen molar-refractivity contribution in [3.05, 3.63) is 65.0 Å². The van der Waals surface area contributed by atoms with Crippen LogP contribution in [0.15, 0.2) is 42.5 Å². The van der Waals surface area contributed by atoms with Crippen molar-refractivity contribution < 1.29 is 23.8 Å². The Labute approximate surface area is 202 Å². The smallest absolute Gasteiger partial charge is 0.332 e. The second kappa shape index (κ2) is 12.3. The maximum Gasteiger partial charge on any atom is 0.332 e. The zero-order valence-corrected chi connectivity index (χ0v) is 20.8. The molecule has 0 amide bonds. The molecule has 2 aromatic rings. The van der Waals surface area contributed by atoms with Gasteiger partial charge in [-0.15, -0.1) is 0 Å². The maximum absolute atomic E-state index is 13.7. The summed E-state index contributed by atoms with van der Waals surface area (Å²) in [6.45, 7) is 6.23. The largest absolute Gasteiger partial charge is 0.497 e. The molecule has 1 aliphatic carbocycles. The van der Waals surface area contributed by atoms with E-state index in [0.29, 0.717) is 25.5 Å². The molecule has 186 valence electrons. The number of ether oxygens (including phenoxy) is 2. The summed E-state index contributed by atoms with van der Waals surface area (Å²) >= 11 is 0. The highest BCUT2D eigenvalue weighted by atomic mass is 19.1. The van der Waals surface area contributed by atoms with Crippen LogP contribution in [0.2, 0.25) is 0 Å². The Hall–Kier alpha value is -2.44. The molecule has 3 rings (SSSR count). The van der Waals surface area contributed by atoms with Crippen LogP contribution in [0.3, 0.4) is 0 Å². The number of hydrogen-bond acceptors (Lipinski definition) is 4. The van der Waals surface area contributed by atoms with E-state index in [9.17, 15) is 14.3 Å². The third-order valence-electron chi connectivity index (χ3n) is 6.98. The van der Waals surface area contributed by atoms with Crippen molar-refractivity contribution in [1.82, 2.24) is 4.90 Å². The van der Waals surface area contributed by atoms with E-state index >= 15 is 0 Å². The first-order valence-corrected chi connectivity index (χ1v) is 12.2. The lowest BCUT2D eigenvalue weighted by molar-refractivity contribution is -0.152. The summed E-state index contributed by atoms with van der Waals surface area (Å²) < 4.78 is 24.9. The molecule has 6 heteroatoms. The predicted octanol–water partition coefficient (Wildman–Crippen LogP) is 5.17. The molecule has 0 fully saturated rings. The Balaban J connectivity index is 1.51. The Morgan fingerprint density at radius 3 is 2.56 bits per heavy atom. The lowest BCUT2D eigenvalue weighted by Gasteiger charge is -2.36. The number of halogens is 1. The van der Waals surface area contributed by atoms with Gasteiger partial charge in [-0.1, -0.05) is 32.0 Å². The van der Waals surface area contributed by atoms with Crippen molar-refractivity contribution in [2.75, 3.05) is 33.9 Å². The van der Waals surface area contributed by atoms with E-state index in [1.54, 1.807) is 13.2 Å². The zero-order chi connectivity index (χ0) is 24.7. The average molecular weight is 472 g/mol. The molecule has 0 radical (unpaired) electrons. The number of aryl methyl sites for hydroxylation is 1. The molecule has 2 aromatic carbocycles. The second-order valence-electron chi connectivity index (χ2n) is 9.76. The quantitative estimate of drug-likeness (QED) is 0.463. The number of carbonyl (C=O) groups is 1. The number of nitrogens with zero attached hydrogens (tertiary/aromatic N) is 1. The van der Waals surface area contributed by atoms with Gasteiger partial charge in [-0.25, -0.2) is 9.18 Å². The second-order valence-corrected chi connectivity index (χ2v) is 9.76. The number of aliphatic carboxylic acids is 1. The molecular weight excluding hydrogens is 433 g/mol. The molecule has 1 unspecified atom stereocenters. The number of rotatable bonds is 12. The minimum atomic E-state index is -0.914. The molecular formula is C28H38FNO4. The third kappa shape index (κ3) is 7.03. The van der Waals surface area contributed by atoms with E-state index in [0.717, 1.165) is 37.1 Å². The van der Waals surface area contributed by atoms with Gasteiger partial charge >= 0.3 is 5.97 Å². The normalized spacial score (nSPS) is 18.7. The minimum Gasteiger partial charge on any atom is -0.497 e. The number of likely N-dealkylation sites (N-methyl/N-ethyl adjacent to an activating group) is 1. The Morgan fingerprint density at radius 1 is 1.18 bits per heavy atom. The van der Waals surface area contributed by atoms with Gasteiger partial charge in [0.1, 0.15) is 11.6 Å². The lowest BCUT2D eigenvalue weighted by Crippen LogP contribution is -2.34. The number of fused-ring (bicyclic) bond motifs is 1. The van der Waals surface area contributed by atoms with Gasteiger partial charge in [0.2, 0.25) is 0 Å². The Morgan fingerprint density at radius 2 is 1.91 bits per heavy atom. The molecule has 3 atom stereocenters. The van der Waals surface area contributed by atoms with E-state index in [4.69, 9.17) is 9.47 Å². The zero-order valence-electron chi connectivity index (χ0n) is 20.8. The van der Waals surface area contributed by atoms with Gasteiger partial charge < -0.3 is 19.5 Å². The minimum absolute atomic E-state index is 0.196. The Kier molecular flexibility index (Phi) is 9.48. The highest BCUT2D eigenvalue weighted by Gasteiger charge is 2.33. The molecule has 1 N–H and O–H groups in total. The van der Waals surface area contributed by atoms with E-state index in [1.807, 2.05) is 25.2 Å². The van der Waals surface area contributed by atoms with E-state index in [1.165, 1.54) is 17.2 Å². The van der Waals surface area contributed by atoms with Gasteiger partial charge in [0.05, 0.1) is 13.7 Å². The SMILES string of the molecule is COc1ccc(CCN(C)CC[C@@H](OCC2CCc3cc(F)ccc3[C@@H]2C(C)C)C(=O)O)cc1. The molecule has 0 bridgehead atoms. The van der Waals surface area contributed by atoms with Gasteiger partial charge in [0, 0.05) is 13.1 Å². The first-order chi connectivity index (χ1) is 16.3. The summed E-state index contributed by atoms with van der Waals surface area (Å²) in [4.78, 5) is 14.0. The Bertz CT molecular complexity index is 931. The van der Waals surface area contributed by atoms with E-state index < -0.39 is 12.1 Å². The predicted molar refractivity (Wildman–Crippen MR) is 132 cm³/mol. The van der Waals surface area contributed by atoms with Crippen molar-refractivity contribution in [3.63, 3.8) is 0 Å². The van der Waals surface area contributed by atoms with Crippen LogP contribution in [0, 0.1) is 17.7 Å². The molecule has 1 aliphatic rings. The van der Waals surface area contributed by atoms with Crippen molar-refractivity contribution in [2.24, 2.45) is 11.8 Å². The van der Waals surface area contributed by atoms with E-state index in [-0.39, 0.29) is 17.7 Å². The van der Waals surface area contributed by atoms with Crippen LogP contribution in [-0.4, -0.2) is 55.9 Å². The van der Waals surface area contributed by atoms with Crippen molar-refractivity contribution in [1.29, 1.82) is 0 Å². The summed E-state index contributed by atoms with van der Waals surface area (Å²) in [5.74, 6) is 0.567. The van der Waals surface area contributed by atoms with Crippen LogP contribution in [0.25, 0.3) is 0 Å². The number of carboxylic acids is 1. The van der Waals surface area contributed by atoms with Gasteiger partial charge in [-0.05, 0) is 91.4 Å². The molecule has 0 heterocycles. The molecule has 0 spiro atoms. The van der Waals surface area contributed by atoms with Crippen LogP contribution >= 0.6 is 0 Å². The number of benzene rings is 2. The molecule has 34 heavy (non-hydrogen) atoms. The fourth-order valence-corrected chi connectivity index (χ4v) is 5.06. The molecule has 5 nitrogen and oxygen atoms in total. The maximum atomic E-state index is 13.7. The highest BCUT2D eigenvalue weighted by molar-refractivity contribution is 5.72. The van der Waals surface area contributed by atoms with Crippen molar-refractivity contribution in [3.8, 4) is 5.75 Å². The summed E-state index contributed by atoms with van der Waals surface area (Å²) in [6.07, 6.45) is 2.18. The fraction of sp³-hybridized carbons (Fsp3) is 0.536.